The van der Waals surface area contributed by atoms with Crippen LogP contribution < -0.4 is 10.1 Å². The van der Waals surface area contributed by atoms with Crippen molar-refractivity contribution in [3.05, 3.63) is 59.9 Å². The van der Waals surface area contributed by atoms with Crippen molar-refractivity contribution in [2.45, 2.75) is 11.3 Å². The minimum absolute atomic E-state index is 0.0304. The molecule has 0 aliphatic carbocycles. The number of ether oxygens (including phenoxy) is 1. The van der Waals surface area contributed by atoms with E-state index in [9.17, 15) is 9.18 Å². The molecule has 1 amide bonds. The predicted molar refractivity (Wildman–Crippen MR) is 86.8 cm³/mol. The van der Waals surface area contributed by atoms with Crippen LogP contribution in [-0.2, 0) is 11.2 Å². The number of carbonyl (C=O) groups is 1. The van der Waals surface area contributed by atoms with Crippen molar-refractivity contribution in [2.75, 3.05) is 19.4 Å². The van der Waals surface area contributed by atoms with Gasteiger partial charge in [0.1, 0.15) is 11.6 Å². The van der Waals surface area contributed by atoms with Gasteiger partial charge in [0.2, 0.25) is 5.91 Å². The summed E-state index contributed by atoms with van der Waals surface area (Å²) in [6.07, 6.45) is 0.622. The van der Waals surface area contributed by atoms with Gasteiger partial charge in [-0.05, 0) is 48.4 Å². The van der Waals surface area contributed by atoms with Crippen LogP contribution in [0.5, 0.6) is 5.75 Å². The number of carbonyl (C=O) groups excluding carboxylic acids is 1. The van der Waals surface area contributed by atoms with Crippen molar-refractivity contribution in [2.24, 2.45) is 0 Å². The van der Waals surface area contributed by atoms with Crippen LogP contribution in [0.3, 0.4) is 0 Å². The zero-order valence-electron chi connectivity index (χ0n) is 12.3. The first kappa shape index (κ1) is 16.4. The van der Waals surface area contributed by atoms with E-state index in [1.54, 1.807) is 13.2 Å². The van der Waals surface area contributed by atoms with E-state index in [0.717, 1.165) is 16.2 Å². The molecule has 0 bridgehead atoms. The Kier molecular flexibility index (Phi) is 6.27. The number of hydrogen-bond donors (Lipinski definition) is 1. The van der Waals surface area contributed by atoms with E-state index < -0.39 is 0 Å². The van der Waals surface area contributed by atoms with Crippen LogP contribution in [0.15, 0.2) is 53.4 Å². The molecule has 0 heterocycles. The smallest absolute Gasteiger partial charge is 0.230 e. The number of amides is 1. The fourth-order valence-electron chi connectivity index (χ4n) is 1.91. The van der Waals surface area contributed by atoms with E-state index in [0.29, 0.717) is 18.7 Å². The standard InChI is InChI=1S/C17H18FNO2S/c1-21-15-5-7-16(8-6-15)22-12-17(20)19-10-9-13-3-2-4-14(18)11-13/h2-8,11H,9-10,12H2,1H3,(H,19,20). The summed E-state index contributed by atoms with van der Waals surface area (Å²) in [5.74, 6) is 0.871. The summed E-state index contributed by atoms with van der Waals surface area (Å²) in [7, 11) is 1.62. The van der Waals surface area contributed by atoms with Gasteiger partial charge < -0.3 is 10.1 Å². The molecule has 0 aromatic heterocycles. The number of hydrogen-bond acceptors (Lipinski definition) is 3. The molecule has 5 heteroatoms. The normalized spacial score (nSPS) is 10.3. The van der Waals surface area contributed by atoms with Gasteiger partial charge in [-0.2, -0.15) is 0 Å². The van der Waals surface area contributed by atoms with E-state index >= 15 is 0 Å². The zero-order valence-corrected chi connectivity index (χ0v) is 13.2. The van der Waals surface area contributed by atoms with Crippen molar-refractivity contribution in [3.8, 4) is 5.75 Å². The van der Waals surface area contributed by atoms with Gasteiger partial charge in [-0.1, -0.05) is 12.1 Å². The molecule has 22 heavy (non-hydrogen) atoms. The number of nitrogens with one attached hydrogen (secondary N) is 1. The summed E-state index contributed by atoms with van der Waals surface area (Å²) in [5, 5.41) is 2.84. The summed E-state index contributed by atoms with van der Waals surface area (Å²) >= 11 is 1.47. The molecule has 0 unspecified atom stereocenters. The Labute approximate surface area is 133 Å². The van der Waals surface area contributed by atoms with E-state index in [1.165, 1.54) is 23.9 Å². The largest absolute Gasteiger partial charge is 0.497 e. The molecular weight excluding hydrogens is 301 g/mol. The number of thioether (sulfide) groups is 1. The Morgan fingerprint density at radius 2 is 2.00 bits per heavy atom. The van der Waals surface area contributed by atoms with Crippen LogP contribution in [-0.4, -0.2) is 25.3 Å². The summed E-state index contributed by atoms with van der Waals surface area (Å²) in [6, 6.07) is 14.0. The van der Waals surface area contributed by atoms with E-state index in [-0.39, 0.29) is 11.7 Å². The third-order valence-electron chi connectivity index (χ3n) is 3.05. The first-order valence-corrected chi connectivity index (χ1v) is 7.94. The second kappa shape index (κ2) is 8.44. The highest BCUT2D eigenvalue weighted by molar-refractivity contribution is 8.00. The Morgan fingerprint density at radius 3 is 2.68 bits per heavy atom. The minimum atomic E-state index is -0.251. The summed E-state index contributed by atoms with van der Waals surface area (Å²) in [6.45, 7) is 0.505. The van der Waals surface area contributed by atoms with Crippen molar-refractivity contribution in [1.82, 2.24) is 5.32 Å². The molecule has 0 spiro atoms. The highest BCUT2D eigenvalue weighted by atomic mass is 32.2. The van der Waals surface area contributed by atoms with Gasteiger partial charge >= 0.3 is 0 Å². The first-order chi connectivity index (χ1) is 10.7. The minimum Gasteiger partial charge on any atom is -0.497 e. The lowest BCUT2D eigenvalue weighted by atomic mass is 10.1. The van der Waals surface area contributed by atoms with Gasteiger partial charge in [0, 0.05) is 11.4 Å². The molecule has 0 saturated carbocycles. The Bertz CT molecular complexity index is 616. The van der Waals surface area contributed by atoms with Crippen molar-refractivity contribution < 1.29 is 13.9 Å². The molecule has 1 N–H and O–H groups in total. The van der Waals surface area contributed by atoms with Crippen molar-refractivity contribution in [1.29, 1.82) is 0 Å². The molecule has 116 valence electrons. The van der Waals surface area contributed by atoms with Gasteiger partial charge in [0.15, 0.2) is 0 Å². The fourth-order valence-corrected chi connectivity index (χ4v) is 2.64. The molecule has 2 rings (SSSR count). The zero-order chi connectivity index (χ0) is 15.8. The molecule has 0 aliphatic rings. The lowest BCUT2D eigenvalue weighted by molar-refractivity contribution is -0.118. The average Bonchev–Trinajstić information content (AvgIpc) is 2.53. The molecule has 0 radical (unpaired) electrons. The van der Waals surface area contributed by atoms with Crippen LogP contribution in [0, 0.1) is 5.82 Å². The van der Waals surface area contributed by atoms with Crippen LogP contribution in [0.2, 0.25) is 0 Å². The molecular formula is C17H18FNO2S. The van der Waals surface area contributed by atoms with Gasteiger partial charge in [0.05, 0.1) is 12.9 Å². The molecule has 2 aromatic rings. The maximum atomic E-state index is 13.0. The Hall–Kier alpha value is -2.01. The van der Waals surface area contributed by atoms with Crippen LogP contribution in [0.25, 0.3) is 0 Å². The van der Waals surface area contributed by atoms with Gasteiger partial charge in [0.25, 0.3) is 0 Å². The summed E-state index contributed by atoms with van der Waals surface area (Å²) in [5.41, 5.74) is 0.878. The Balaban J connectivity index is 1.69. The van der Waals surface area contributed by atoms with Crippen LogP contribution in [0.4, 0.5) is 4.39 Å². The van der Waals surface area contributed by atoms with Crippen LogP contribution >= 0.6 is 11.8 Å². The van der Waals surface area contributed by atoms with Crippen molar-refractivity contribution in [3.63, 3.8) is 0 Å². The summed E-state index contributed by atoms with van der Waals surface area (Å²) in [4.78, 5) is 12.8. The van der Waals surface area contributed by atoms with Gasteiger partial charge in [-0.3, -0.25) is 4.79 Å². The van der Waals surface area contributed by atoms with Gasteiger partial charge in [-0.15, -0.1) is 11.8 Å². The molecule has 2 aromatic carbocycles. The number of benzene rings is 2. The van der Waals surface area contributed by atoms with Crippen LogP contribution in [0.1, 0.15) is 5.56 Å². The SMILES string of the molecule is COc1ccc(SCC(=O)NCCc2cccc(F)c2)cc1. The van der Waals surface area contributed by atoms with Crippen molar-refractivity contribution >= 4 is 17.7 Å². The Morgan fingerprint density at radius 1 is 1.23 bits per heavy atom. The average molecular weight is 319 g/mol. The molecule has 3 nitrogen and oxygen atoms in total. The number of rotatable bonds is 7. The third-order valence-corrected chi connectivity index (χ3v) is 4.07. The summed E-state index contributed by atoms with van der Waals surface area (Å²) < 4.78 is 18.1. The maximum absolute atomic E-state index is 13.0. The molecule has 0 fully saturated rings. The highest BCUT2D eigenvalue weighted by Gasteiger charge is 2.03. The lowest BCUT2D eigenvalue weighted by Crippen LogP contribution is -2.27. The van der Waals surface area contributed by atoms with E-state index in [2.05, 4.69) is 5.32 Å². The van der Waals surface area contributed by atoms with E-state index in [4.69, 9.17) is 4.74 Å². The lowest BCUT2D eigenvalue weighted by Gasteiger charge is -2.06. The molecule has 0 atom stereocenters. The predicted octanol–water partition coefficient (Wildman–Crippen LogP) is 3.29. The quantitative estimate of drug-likeness (QED) is 0.796. The second-order valence-electron chi connectivity index (χ2n) is 4.69. The monoisotopic (exact) mass is 319 g/mol. The molecule has 0 aliphatic heterocycles. The highest BCUT2D eigenvalue weighted by Crippen LogP contribution is 2.20. The van der Waals surface area contributed by atoms with E-state index in [1.807, 2.05) is 30.3 Å². The maximum Gasteiger partial charge on any atom is 0.230 e. The number of methoxy groups -OCH3 is 1. The molecule has 0 saturated heterocycles. The van der Waals surface area contributed by atoms with Gasteiger partial charge in [-0.25, -0.2) is 4.39 Å². The second-order valence-corrected chi connectivity index (χ2v) is 5.74. The topological polar surface area (TPSA) is 38.3 Å². The fraction of sp³-hybridized carbons (Fsp3) is 0.235. The first-order valence-electron chi connectivity index (χ1n) is 6.95. The number of halogens is 1. The third kappa shape index (κ3) is 5.41.